The molecule has 0 radical (unpaired) electrons. The van der Waals surface area contributed by atoms with E-state index in [2.05, 4.69) is 37.0 Å². The van der Waals surface area contributed by atoms with Crippen molar-refractivity contribution in [2.45, 2.75) is 27.2 Å². The van der Waals surface area contributed by atoms with Crippen molar-refractivity contribution >= 4 is 22.4 Å². The minimum Gasteiger partial charge on any atom is -0.286 e. The summed E-state index contributed by atoms with van der Waals surface area (Å²) >= 11 is 1.47. The number of aromatic nitrogens is 2. The van der Waals surface area contributed by atoms with Gasteiger partial charge in [0.05, 0.1) is 6.42 Å². The predicted octanol–water partition coefficient (Wildman–Crippen LogP) is 4.75. The van der Waals surface area contributed by atoms with E-state index in [-0.39, 0.29) is 5.91 Å². The summed E-state index contributed by atoms with van der Waals surface area (Å²) in [5.41, 5.74) is 3.23. The van der Waals surface area contributed by atoms with Crippen molar-refractivity contribution in [1.29, 1.82) is 0 Å². The number of hydrogen-bond donors (Lipinski definition) is 0. The third kappa shape index (κ3) is 4.35. The average molecular weight is 366 g/mol. The molecule has 134 valence electrons. The zero-order chi connectivity index (χ0) is 18.5. The Balaban J connectivity index is 1.86. The van der Waals surface area contributed by atoms with E-state index in [0.717, 1.165) is 21.7 Å². The third-order valence-electron chi connectivity index (χ3n) is 4.07. The molecule has 0 aliphatic carbocycles. The summed E-state index contributed by atoms with van der Waals surface area (Å²) in [7, 11) is 0. The summed E-state index contributed by atoms with van der Waals surface area (Å²) in [6.07, 6.45) is 0.368. The van der Waals surface area contributed by atoms with Crippen molar-refractivity contribution < 1.29 is 4.79 Å². The SMILES string of the molecule is Cc1ccccc1-c1nnc(N(CC(C)C)C(=O)Cc2ccccc2)s1. The fourth-order valence-corrected chi connectivity index (χ4v) is 3.73. The van der Waals surface area contributed by atoms with Crippen molar-refractivity contribution in [3.8, 4) is 10.6 Å². The first-order valence-electron chi connectivity index (χ1n) is 8.78. The quantitative estimate of drug-likeness (QED) is 0.633. The van der Waals surface area contributed by atoms with Crippen molar-refractivity contribution in [3.63, 3.8) is 0 Å². The van der Waals surface area contributed by atoms with E-state index in [1.807, 2.05) is 48.5 Å². The minimum absolute atomic E-state index is 0.0531. The van der Waals surface area contributed by atoms with Gasteiger partial charge in [0.1, 0.15) is 5.01 Å². The van der Waals surface area contributed by atoms with Crippen LogP contribution in [0.5, 0.6) is 0 Å². The van der Waals surface area contributed by atoms with Crippen molar-refractivity contribution in [3.05, 3.63) is 65.7 Å². The maximum Gasteiger partial charge on any atom is 0.233 e. The molecule has 0 aliphatic heterocycles. The molecule has 0 unspecified atom stereocenters. The summed E-state index contributed by atoms with van der Waals surface area (Å²) in [5.74, 6) is 0.401. The number of amides is 1. The highest BCUT2D eigenvalue weighted by Gasteiger charge is 2.22. The smallest absolute Gasteiger partial charge is 0.233 e. The van der Waals surface area contributed by atoms with Gasteiger partial charge in [-0.05, 0) is 24.0 Å². The molecule has 0 saturated heterocycles. The fourth-order valence-electron chi connectivity index (χ4n) is 2.76. The number of anilines is 1. The maximum absolute atomic E-state index is 12.9. The van der Waals surface area contributed by atoms with Crippen molar-refractivity contribution in [2.24, 2.45) is 5.92 Å². The van der Waals surface area contributed by atoms with E-state index < -0.39 is 0 Å². The molecule has 0 spiro atoms. The summed E-state index contributed by atoms with van der Waals surface area (Å²) in [5, 5.41) is 10.2. The highest BCUT2D eigenvalue weighted by molar-refractivity contribution is 7.18. The zero-order valence-corrected chi connectivity index (χ0v) is 16.2. The Morgan fingerprint density at radius 2 is 1.73 bits per heavy atom. The zero-order valence-electron chi connectivity index (χ0n) is 15.3. The van der Waals surface area contributed by atoms with Gasteiger partial charge in [0.25, 0.3) is 0 Å². The predicted molar refractivity (Wildman–Crippen MR) is 107 cm³/mol. The molecule has 0 bridgehead atoms. The Bertz CT molecular complexity index is 874. The van der Waals surface area contributed by atoms with E-state index in [4.69, 9.17) is 0 Å². The molecule has 4 nitrogen and oxygen atoms in total. The van der Waals surface area contributed by atoms with Gasteiger partial charge in [-0.3, -0.25) is 9.69 Å². The lowest BCUT2D eigenvalue weighted by molar-refractivity contribution is -0.118. The van der Waals surface area contributed by atoms with Gasteiger partial charge in [-0.1, -0.05) is 79.8 Å². The lowest BCUT2D eigenvalue weighted by Gasteiger charge is -2.21. The molecule has 1 heterocycles. The monoisotopic (exact) mass is 365 g/mol. The first kappa shape index (κ1) is 18.3. The first-order valence-corrected chi connectivity index (χ1v) is 9.60. The van der Waals surface area contributed by atoms with Crippen LogP contribution in [0.1, 0.15) is 25.0 Å². The number of hydrogen-bond acceptors (Lipinski definition) is 4. The fraction of sp³-hybridized carbons (Fsp3) is 0.286. The molecule has 0 aliphatic rings. The topological polar surface area (TPSA) is 46.1 Å². The Hall–Kier alpha value is -2.53. The summed E-state index contributed by atoms with van der Waals surface area (Å²) in [6.45, 7) is 6.90. The lowest BCUT2D eigenvalue weighted by Crippen LogP contribution is -2.35. The summed E-state index contributed by atoms with van der Waals surface area (Å²) in [4.78, 5) is 14.7. The van der Waals surface area contributed by atoms with Gasteiger partial charge in [-0.15, -0.1) is 10.2 Å². The van der Waals surface area contributed by atoms with Crippen LogP contribution in [0, 0.1) is 12.8 Å². The van der Waals surface area contributed by atoms with E-state index in [1.165, 1.54) is 11.3 Å². The molecule has 0 saturated carbocycles. The van der Waals surface area contributed by atoms with Crippen LogP contribution in [0.2, 0.25) is 0 Å². The first-order chi connectivity index (χ1) is 12.5. The molecular weight excluding hydrogens is 342 g/mol. The third-order valence-corrected chi connectivity index (χ3v) is 5.05. The standard InChI is InChI=1S/C21H23N3OS/c1-15(2)14-24(19(25)13-17-10-5-4-6-11-17)21-23-22-20(26-21)18-12-8-7-9-16(18)3/h4-12,15H,13-14H2,1-3H3. The molecule has 2 aromatic carbocycles. The van der Waals surface area contributed by atoms with Crippen LogP contribution < -0.4 is 4.90 Å². The van der Waals surface area contributed by atoms with E-state index in [1.54, 1.807) is 4.90 Å². The largest absolute Gasteiger partial charge is 0.286 e. The molecule has 0 atom stereocenters. The van der Waals surface area contributed by atoms with Gasteiger partial charge in [0.2, 0.25) is 11.0 Å². The Morgan fingerprint density at radius 1 is 1.04 bits per heavy atom. The van der Waals surface area contributed by atoms with Crippen LogP contribution in [-0.4, -0.2) is 22.6 Å². The molecule has 5 heteroatoms. The number of benzene rings is 2. The second-order valence-corrected chi connectivity index (χ2v) is 7.72. The minimum atomic E-state index is 0.0531. The van der Waals surface area contributed by atoms with Crippen molar-refractivity contribution in [2.75, 3.05) is 11.4 Å². The normalized spacial score (nSPS) is 10.9. The van der Waals surface area contributed by atoms with Gasteiger partial charge in [-0.2, -0.15) is 0 Å². The number of carbonyl (C=O) groups is 1. The lowest BCUT2D eigenvalue weighted by atomic mass is 10.1. The molecule has 0 fully saturated rings. The summed E-state index contributed by atoms with van der Waals surface area (Å²) in [6, 6.07) is 17.9. The van der Waals surface area contributed by atoms with Crippen LogP contribution in [0.3, 0.4) is 0 Å². The van der Waals surface area contributed by atoms with Gasteiger partial charge in [0.15, 0.2) is 0 Å². The van der Waals surface area contributed by atoms with Crippen LogP contribution in [0.25, 0.3) is 10.6 Å². The van der Waals surface area contributed by atoms with Crippen LogP contribution >= 0.6 is 11.3 Å². The maximum atomic E-state index is 12.9. The van der Waals surface area contributed by atoms with E-state index in [0.29, 0.717) is 24.0 Å². The molecule has 3 rings (SSSR count). The summed E-state index contributed by atoms with van der Waals surface area (Å²) < 4.78 is 0. The highest BCUT2D eigenvalue weighted by atomic mass is 32.1. The molecule has 1 amide bonds. The Kier molecular flexibility index (Phi) is 5.78. The molecular formula is C21H23N3OS. The Labute approximate surface area is 158 Å². The van der Waals surface area contributed by atoms with Gasteiger partial charge in [0, 0.05) is 12.1 Å². The second kappa shape index (κ2) is 8.23. The molecule has 3 aromatic rings. The van der Waals surface area contributed by atoms with Gasteiger partial charge in [-0.25, -0.2) is 0 Å². The number of carbonyl (C=O) groups excluding carboxylic acids is 1. The number of rotatable bonds is 6. The van der Waals surface area contributed by atoms with E-state index >= 15 is 0 Å². The van der Waals surface area contributed by atoms with Crippen LogP contribution in [-0.2, 0) is 11.2 Å². The number of nitrogens with zero attached hydrogens (tertiary/aromatic N) is 3. The van der Waals surface area contributed by atoms with Gasteiger partial charge >= 0.3 is 0 Å². The number of aryl methyl sites for hydroxylation is 1. The second-order valence-electron chi connectivity index (χ2n) is 6.77. The van der Waals surface area contributed by atoms with Crippen LogP contribution in [0.15, 0.2) is 54.6 Å². The molecule has 26 heavy (non-hydrogen) atoms. The van der Waals surface area contributed by atoms with Gasteiger partial charge < -0.3 is 0 Å². The molecule has 1 aromatic heterocycles. The van der Waals surface area contributed by atoms with E-state index in [9.17, 15) is 4.79 Å². The van der Waals surface area contributed by atoms with Crippen molar-refractivity contribution in [1.82, 2.24) is 10.2 Å². The van der Waals surface area contributed by atoms with Crippen LogP contribution in [0.4, 0.5) is 5.13 Å². The molecule has 0 N–H and O–H groups in total. The average Bonchev–Trinajstić information content (AvgIpc) is 3.10. The Morgan fingerprint density at radius 3 is 2.42 bits per heavy atom. The highest BCUT2D eigenvalue weighted by Crippen LogP contribution is 2.31.